The SMILES string of the molecule is CC[C@H](C#N)C(C)=O. The molecule has 0 bridgehead atoms. The van der Waals surface area contributed by atoms with E-state index >= 15 is 0 Å². The summed E-state index contributed by atoms with van der Waals surface area (Å²) in [6.07, 6.45) is 0.631. The van der Waals surface area contributed by atoms with Crippen molar-refractivity contribution in [3.63, 3.8) is 0 Å². The molecule has 0 rings (SSSR count). The molecule has 8 heavy (non-hydrogen) atoms. The summed E-state index contributed by atoms with van der Waals surface area (Å²) >= 11 is 0. The van der Waals surface area contributed by atoms with Crippen LogP contribution in [0.2, 0.25) is 0 Å². The number of rotatable bonds is 2. The highest BCUT2D eigenvalue weighted by atomic mass is 16.1. The quantitative estimate of drug-likeness (QED) is 0.535. The minimum absolute atomic E-state index is 0.0324. The Labute approximate surface area is 49.1 Å². The Morgan fingerprint density at radius 1 is 1.88 bits per heavy atom. The van der Waals surface area contributed by atoms with Crippen molar-refractivity contribution in [3.05, 3.63) is 0 Å². The lowest BCUT2D eigenvalue weighted by Crippen LogP contribution is -2.05. The number of carbonyl (C=O) groups excluding carboxylic acids is 1. The minimum Gasteiger partial charge on any atom is -0.299 e. The van der Waals surface area contributed by atoms with E-state index in [0.717, 1.165) is 0 Å². The number of nitriles is 1. The molecule has 0 saturated heterocycles. The van der Waals surface area contributed by atoms with Gasteiger partial charge in [-0.15, -0.1) is 0 Å². The zero-order valence-electron chi connectivity index (χ0n) is 5.14. The average molecular weight is 111 g/mol. The van der Waals surface area contributed by atoms with E-state index in [0.29, 0.717) is 6.42 Å². The molecule has 0 amide bonds. The van der Waals surface area contributed by atoms with Crippen LogP contribution in [0.1, 0.15) is 20.3 Å². The van der Waals surface area contributed by atoms with Crippen molar-refractivity contribution in [2.75, 3.05) is 0 Å². The molecule has 0 unspecified atom stereocenters. The number of Topliss-reactive ketones (excluding diaryl/α,β-unsaturated/α-hetero) is 1. The number of carbonyl (C=O) groups is 1. The minimum atomic E-state index is -0.380. The van der Waals surface area contributed by atoms with Crippen molar-refractivity contribution < 1.29 is 4.79 Å². The number of hydrogen-bond acceptors (Lipinski definition) is 2. The molecule has 0 saturated carbocycles. The molecule has 0 aromatic carbocycles. The van der Waals surface area contributed by atoms with Crippen molar-refractivity contribution in [1.82, 2.24) is 0 Å². The highest BCUT2D eigenvalue weighted by molar-refractivity contribution is 5.80. The van der Waals surface area contributed by atoms with Crippen LogP contribution in [-0.4, -0.2) is 5.78 Å². The van der Waals surface area contributed by atoms with Crippen LogP contribution in [-0.2, 0) is 4.79 Å². The average Bonchev–Trinajstić information content (AvgIpc) is 1.69. The van der Waals surface area contributed by atoms with Crippen LogP contribution in [0.5, 0.6) is 0 Å². The second-order valence-electron chi connectivity index (χ2n) is 1.70. The van der Waals surface area contributed by atoms with E-state index in [-0.39, 0.29) is 11.7 Å². The lowest BCUT2D eigenvalue weighted by molar-refractivity contribution is -0.119. The van der Waals surface area contributed by atoms with Crippen LogP contribution in [0.15, 0.2) is 0 Å². The Bertz CT molecular complexity index is 123. The molecule has 0 radical (unpaired) electrons. The first-order valence-corrected chi connectivity index (χ1v) is 2.62. The predicted molar refractivity (Wildman–Crippen MR) is 30.1 cm³/mol. The molecule has 44 valence electrons. The Morgan fingerprint density at radius 2 is 2.38 bits per heavy atom. The molecular formula is C6H9NO. The molecular weight excluding hydrogens is 102 g/mol. The van der Waals surface area contributed by atoms with Crippen molar-refractivity contribution in [1.29, 1.82) is 5.26 Å². The standard InChI is InChI=1S/C6H9NO/c1-3-6(4-7)5(2)8/h6H,3H2,1-2H3/t6-/m1/s1. The van der Waals surface area contributed by atoms with Gasteiger partial charge in [-0.25, -0.2) is 0 Å². The van der Waals surface area contributed by atoms with Crippen LogP contribution < -0.4 is 0 Å². The predicted octanol–water partition coefficient (Wildman–Crippen LogP) is 1.13. The van der Waals surface area contributed by atoms with Gasteiger partial charge in [0, 0.05) is 0 Å². The van der Waals surface area contributed by atoms with Gasteiger partial charge < -0.3 is 0 Å². The number of ketones is 1. The van der Waals surface area contributed by atoms with Crippen LogP contribution in [0.25, 0.3) is 0 Å². The van der Waals surface area contributed by atoms with Gasteiger partial charge in [-0.05, 0) is 13.3 Å². The van der Waals surface area contributed by atoms with Gasteiger partial charge in [-0.3, -0.25) is 4.79 Å². The number of hydrogen-bond donors (Lipinski definition) is 0. The third kappa shape index (κ3) is 1.74. The molecule has 0 spiro atoms. The summed E-state index contributed by atoms with van der Waals surface area (Å²) in [5.74, 6) is -0.412. The summed E-state index contributed by atoms with van der Waals surface area (Å²) in [6, 6.07) is 1.90. The molecule has 2 nitrogen and oxygen atoms in total. The zero-order chi connectivity index (χ0) is 6.57. The Hall–Kier alpha value is -0.840. The van der Waals surface area contributed by atoms with Gasteiger partial charge in [0.05, 0.1) is 6.07 Å². The van der Waals surface area contributed by atoms with Gasteiger partial charge in [-0.1, -0.05) is 6.92 Å². The smallest absolute Gasteiger partial charge is 0.146 e. The van der Waals surface area contributed by atoms with Gasteiger partial charge >= 0.3 is 0 Å². The molecule has 0 aliphatic carbocycles. The fraction of sp³-hybridized carbons (Fsp3) is 0.667. The van der Waals surface area contributed by atoms with Crippen LogP contribution in [0.4, 0.5) is 0 Å². The summed E-state index contributed by atoms with van der Waals surface area (Å²) in [7, 11) is 0. The van der Waals surface area contributed by atoms with Gasteiger partial charge in [0.25, 0.3) is 0 Å². The maximum absolute atomic E-state index is 10.4. The van der Waals surface area contributed by atoms with E-state index in [2.05, 4.69) is 0 Å². The van der Waals surface area contributed by atoms with Gasteiger partial charge in [0.2, 0.25) is 0 Å². The highest BCUT2D eigenvalue weighted by Crippen LogP contribution is 1.99. The van der Waals surface area contributed by atoms with E-state index in [1.165, 1.54) is 6.92 Å². The maximum Gasteiger partial charge on any atom is 0.146 e. The monoisotopic (exact) mass is 111 g/mol. The first-order chi connectivity index (χ1) is 3.72. The second kappa shape index (κ2) is 3.20. The molecule has 0 aliphatic heterocycles. The zero-order valence-corrected chi connectivity index (χ0v) is 5.14. The van der Waals surface area contributed by atoms with Gasteiger partial charge in [0.15, 0.2) is 0 Å². The second-order valence-corrected chi connectivity index (χ2v) is 1.70. The molecule has 0 aromatic rings. The van der Waals surface area contributed by atoms with E-state index in [9.17, 15) is 4.79 Å². The van der Waals surface area contributed by atoms with Crippen molar-refractivity contribution >= 4 is 5.78 Å². The van der Waals surface area contributed by atoms with Gasteiger partial charge in [0.1, 0.15) is 11.7 Å². The van der Waals surface area contributed by atoms with Crippen molar-refractivity contribution in [3.8, 4) is 6.07 Å². The lowest BCUT2D eigenvalue weighted by atomic mass is 10.1. The van der Waals surface area contributed by atoms with E-state index in [1.807, 2.05) is 13.0 Å². The topological polar surface area (TPSA) is 40.9 Å². The fourth-order valence-electron chi connectivity index (χ4n) is 0.470. The molecule has 1 atom stereocenters. The fourth-order valence-corrected chi connectivity index (χ4v) is 0.470. The summed E-state index contributed by atoms with van der Waals surface area (Å²) < 4.78 is 0. The van der Waals surface area contributed by atoms with E-state index in [1.54, 1.807) is 0 Å². The first kappa shape index (κ1) is 7.16. The maximum atomic E-state index is 10.4. The highest BCUT2D eigenvalue weighted by Gasteiger charge is 2.07. The van der Waals surface area contributed by atoms with Gasteiger partial charge in [-0.2, -0.15) is 5.26 Å². The Morgan fingerprint density at radius 3 is 2.38 bits per heavy atom. The Kier molecular flexibility index (Phi) is 2.86. The van der Waals surface area contributed by atoms with Crippen LogP contribution in [0.3, 0.4) is 0 Å². The molecule has 0 aliphatic rings. The molecule has 0 aromatic heterocycles. The Balaban J connectivity index is 3.76. The molecule has 0 fully saturated rings. The van der Waals surface area contributed by atoms with Crippen LogP contribution in [0, 0.1) is 17.2 Å². The third-order valence-corrected chi connectivity index (χ3v) is 1.05. The van der Waals surface area contributed by atoms with E-state index in [4.69, 9.17) is 5.26 Å². The molecule has 0 heterocycles. The van der Waals surface area contributed by atoms with Crippen molar-refractivity contribution in [2.24, 2.45) is 5.92 Å². The summed E-state index contributed by atoms with van der Waals surface area (Å²) in [5.41, 5.74) is 0. The first-order valence-electron chi connectivity index (χ1n) is 2.62. The lowest BCUT2D eigenvalue weighted by Gasteiger charge is -1.95. The van der Waals surface area contributed by atoms with Crippen molar-refractivity contribution in [2.45, 2.75) is 20.3 Å². The third-order valence-electron chi connectivity index (χ3n) is 1.05. The van der Waals surface area contributed by atoms with Crippen LogP contribution >= 0.6 is 0 Å². The molecule has 2 heteroatoms. The normalized spacial score (nSPS) is 12.1. The summed E-state index contributed by atoms with van der Waals surface area (Å²) in [6.45, 7) is 3.27. The summed E-state index contributed by atoms with van der Waals surface area (Å²) in [4.78, 5) is 10.4. The van der Waals surface area contributed by atoms with E-state index < -0.39 is 0 Å². The largest absolute Gasteiger partial charge is 0.299 e. The molecule has 0 N–H and O–H groups in total. The number of nitrogens with zero attached hydrogens (tertiary/aromatic N) is 1. The summed E-state index contributed by atoms with van der Waals surface area (Å²) in [5, 5.41) is 8.23.